The molecule has 7 heteroatoms. The molecule has 1 fully saturated rings. The van der Waals surface area contributed by atoms with E-state index in [9.17, 15) is 19.2 Å². The number of unbranched alkanes of at least 4 members (excludes halogenated alkanes) is 2. The SMILES string of the molecule is CCCCCOC(=O)c1ccc(N2C[C@H](C(=O)O[C@@H](CC)C(=O)c3ccccc3)CC2=O)cc1. The summed E-state index contributed by atoms with van der Waals surface area (Å²) in [6.45, 7) is 4.40. The lowest BCUT2D eigenvalue weighted by Gasteiger charge is -2.19. The van der Waals surface area contributed by atoms with Crippen molar-refractivity contribution < 1.29 is 28.7 Å². The lowest BCUT2D eigenvalue weighted by Crippen LogP contribution is -2.31. The molecule has 1 saturated heterocycles. The Morgan fingerprint density at radius 3 is 2.32 bits per heavy atom. The number of hydrogen-bond donors (Lipinski definition) is 0. The van der Waals surface area contributed by atoms with E-state index in [-0.39, 0.29) is 24.7 Å². The number of Topliss-reactive ketones (excluding diaryl/α,β-unsaturated/α-hetero) is 1. The van der Waals surface area contributed by atoms with Gasteiger partial charge in [-0.1, -0.05) is 57.0 Å². The van der Waals surface area contributed by atoms with Crippen molar-refractivity contribution in [1.82, 2.24) is 0 Å². The number of rotatable bonds is 11. The Morgan fingerprint density at radius 1 is 0.971 bits per heavy atom. The highest BCUT2D eigenvalue weighted by molar-refractivity contribution is 6.02. The van der Waals surface area contributed by atoms with Crippen LogP contribution < -0.4 is 4.90 Å². The standard InChI is InChI=1S/C27H31NO6/c1-3-5-9-16-33-26(31)20-12-14-22(15-13-20)28-18-21(17-24(28)29)27(32)34-23(4-2)25(30)19-10-7-6-8-11-19/h6-8,10-15,21,23H,3-5,9,16-18H2,1-2H3/t21-,23+/m1/s1. The molecule has 3 rings (SSSR count). The van der Waals surface area contributed by atoms with Crippen molar-refractivity contribution in [3.05, 3.63) is 65.7 Å². The second-order valence-electron chi connectivity index (χ2n) is 8.36. The molecule has 180 valence electrons. The maximum atomic E-state index is 12.7. The fraction of sp³-hybridized carbons (Fsp3) is 0.407. The van der Waals surface area contributed by atoms with Gasteiger partial charge in [-0.3, -0.25) is 14.4 Å². The van der Waals surface area contributed by atoms with Crippen LogP contribution >= 0.6 is 0 Å². The molecule has 0 bridgehead atoms. The number of benzene rings is 2. The fourth-order valence-corrected chi connectivity index (χ4v) is 3.84. The molecule has 34 heavy (non-hydrogen) atoms. The average molecular weight is 466 g/mol. The summed E-state index contributed by atoms with van der Waals surface area (Å²) in [5.41, 5.74) is 1.48. The van der Waals surface area contributed by atoms with Crippen LogP contribution in [-0.4, -0.2) is 42.9 Å². The average Bonchev–Trinajstić information content (AvgIpc) is 3.26. The third-order valence-electron chi connectivity index (χ3n) is 5.83. The predicted molar refractivity (Wildman–Crippen MR) is 128 cm³/mol. The highest BCUT2D eigenvalue weighted by Crippen LogP contribution is 2.27. The van der Waals surface area contributed by atoms with E-state index in [2.05, 4.69) is 6.92 Å². The van der Waals surface area contributed by atoms with Crippen LogP contribution in [0.4, 0.5) is 5.69 Å². The van der Waals surface area contributed by atoms with Gasteiger partial charge in [-0.15, -0.1) is 0 Å². The monoisotopic (exact) mass is 465 g/mol. The smallest absolute Gasteiger partial charge is 0.338 e. The lowest BCUT2D eigenvalue weighted by molar-refractivity contribution is -0.151. The van der Waals surface area contributed by atoms with Gasteiger partial charge in [0.15, 0.2) is 6.10 Å². The van der Waals surface area contributed by atoms with Gasteiger partial charge in [-0.05, 0) is 37.1 Å². The third kappa shape index (κ3) is 6.31. The Balaban J connectivity index is 1.58. The van der Waals surface area contributed by atoms with E-state index in [0.29, 0.717) is 29.8 Å². The number of nitrogens with zero attached hydrogens (tertiary/aromatic N) is 1. The van der Waals surface area contributed by atoms with Gasteiger partial charge in [0.1, 0.15) is 0 Å². The summed E-state index contributed by atoms with van der Waals surface area (Å²) in [6.07, 6.45) is 2.35. The second kappa shape index (κ2) is 12.1. The van der Waals surface area contributed by atoms with Gasteiger partial charge in [0.2, 0.25) is 11.7 Å². The van der Waals surface area contributed by atoms with Crippen LogP contribution in [0.3, 0.4) is 0 Å². The molecule has 2 aromatic carbocycles. The molecule has 7 nitrogen and oxygen atoms in total. The van der Waals surface area contributed by atoms with Crippen molar-refractivity contribution in [3.63, 3.8) is 0 Å². The van der Waals surface area contributed by atoms with Gasteiger partial charge in [0.05, 0.1) is 18.1 Å². The first-order valence-corrected chi connectivity index (χ1v) is 11.8. The number of amides is 1. The molecule has 1 aliphatic rings. The van der Waals surface area contributed by atoms with Crippen molar-refractivity contribution in [3.8, 4) is 0 Å². The van der Waals surface area contributed by atoms with Gasteiger partial charge in [-0.25, -0.2) is 4.79 Å². The normalized spacial score (nSPS) is 16.2. The van der Waals surface area contributed by atoms with Crippen LogP contribution in [-0.2, 0) is 19.1 Å². The quantitative estimate of drug-likeness (QED) is 0.274. The van der Waals surface area contributed by atoms with E-state index in [0.717, 1.165) is 19.3 Å². The highest BCUT2D eigenvalue weighted by atomic mass is 16.5. The molecule has 0 aliphatic carbocycles. The molecule has 0 N–H and O–H groups in total. The van der Waals surface area contributed by atoms with Crippen molar-refractivity contribution in [2.75, 3.05) is 18.1 Å². The molecule has 0 aromatic heterocycles. The molecular formula is C27H31NO6. The van der Waals surface area contributed by atoms with E-state index < -0.39 is 24.0 Å². The van der Waals surface area contributed by atoms with Gasteiger partial charge in [0.25, 0.3) is 0 Å². The van der Waals surface area contributed by atoms with E-state index >= 15 is 0 Å². The Kier molecular flexibility index (Phi) is 8.96. The van der Waals surface area contributed by atoms with E-state index in [4.69, 9.17) is 9.47 Å². The molecule has 0 radical (unpaired) electrons. The molecule has 1 aliphatic heterocycles. The zero-order valence-electron chi connectivity index (χ0n) is 19.7. The lowest BCUT2D eigenvalue weighted by atomic mass is 10.0. The number of ketones is 1. The first kappa shape index (κ1) is 25.1. The highest BCUT2D eigenvalue weighted by Gasteiger charge is 2.37. The van der Waals surface area contributed by atoms with E-state index in [1.807, 2.05) is 6.07 Å². The number of esters is 2. The number of anilines is 1. The summed E-state index contributed by atoms with van der Waals surface area (Å²) in [6, 6.07) is 15.3. The van der Waals surface area contributed by atoms with Crippen LogP contribution in [0, 0.1) is 5.92 Å². The first-order chi connectivity index (χ1) is 16.4. The summed E-state index contributed by atoms with van der Waals surface area (Å²) in [4.78, 5) is 51.6. The van der Waals surface area contributed by atoms with Gasteiger partial charge >= 0.3 is 11.9 Å². The third-order valence-corrected chi connectivity index (χ3v) is 5.83. The van der Waals surface area contributed by atoms with Crippen LogP contribution in [0.1, 0.15) is 66.7 Å². The number of hydrogen-bond acceptors (Lipinski definition) is 6. The van der Waals surface area contributed by atoms with Gasteiger partial charge in [0, 0.05) is 24.2 Å². The molecule has 2 aromatic rings. The van der Waals surface area contributed by atoms with Crippen LogP contribution in [0.15, 0.2) is 54.6 Å². The Hall–Kier alpha value is -3.48. The predicted octanol–water partition coefficient (Wildman–Crippen LogP) is 4.59. The zero-order valence-corrected chi connectivity index (χ0v) is 19.7. The number of ether oxygens (including phenoxy) is 2. The van der Waals surface area contributed by atoms with Crippen LogP contribution in [0.2, 0.25) is 0 Å². The van der Waals surface area contributed by atoms with Gasteiger partial charge in [-0.2, -0.15) is 0 Å². The minimum atomic E-state index is -0.887. The molecule has 0 unspecified atom stereocenters. The Bertz CT molecular complexity index is 1000. The summed E-state index contributed by atoms with van der Waals surface area (Å²) in [5.74, 6) is -2.08. The number of carbonyl (C=O) groups excluding carboxylic acids is 4. The largest absolute Gasteiger partial charge is 0.462 e. The fourth-order valence-electron chi connectivity index (χ4n) is 3.84. The zero-order chi connectivity index (χ0) is 24.5. The summed E-state index contributed by atoms with van der Waals surface area (Å²) >= 11 is 0. The van der Waals surface area contributed by atoms with Crippen molar-refractivity contribution in [1.29, 1.82) is 0 Å². The maximum Gasteiger partial charge on any atom is 0.338 e. The summed E-state index contributed by atoms with van der Waals surface area (Å²) in [5, 5.41) is 0. The maximum absolute atomic E-state index is 12.7. The minimum Gasteiger partial charge on any atom is -0.462 e. The Morgan fingerprint density at radius 2 is 1.68 bits per heavy atom. The molecule has 1 heterocycles. The molecule has 0 spiro atoms. The van der Waals surface area contributed by atoms with E-state index in [1.165, 1.54) is 4.90 Å². The van der Waals surface area contributed by atoms with Crippen LogP contribution in [0.5, 0.6) is 0 Å². The Labute approximate surface area is 200 Å². The first-order valence-electron chi connectivity index (χ1n) is 11.8. The van der Waals surface area contributed by atoms with Crippen molar-refractivity contribution >= 4 is 29.3 Å². The molecule has 1 amide bonds. The molecule has 0 saturated carbocycles. The van der Waals surface area contributed by atoms with Crippen molar-refractivity contribution in [2.24, 2.45) is 5.92 Å². The summed E-state index contributed by atoms with van der Waals surface area (Å²) in [7, 11) is 0. The van der Waals surface area contributed by atoms with E-state index in [1.54, 1.807) is 55.5 Å². The second-order valence-corrected chi connectivity index (χ2v) is 8.36. The minimum absolute atomic E-state index is 0.00994. The van der Waals surface area contributed by atoms with Crippen LogP contribution in [0.25, 0.3) is 0 Å². The molecular weight excluding hydrogens is 434 g/mol. The van der Waals surface area contributed by atoms with Crippen molar-refractivity contribution in [2.45, 2.75) is 52.1 Å². The topological polar surface area (TPSA) is 90.0 Å². The number of carbonyl (C=O) groups is 4. The summed E-state index contributed by atoms with van der Waals surface area (Å²) < 4.78 is 10.8. The van der Waals surface area contributed by atoms with Gasteiger partial charge < -0.3 is 14.4 Å². The molecule has 2 atom stereocenters.